The van der Waals surface area contributed by atoms with Crippen LogP contribution in [0.1, 0.15) is 45.2 Å². The second-order valence-electron chi connectivity index (χ2n) is 6.04. The predicted octanol–water partition coefficient (Wildman–Crippen LogP) is 3.57. The molecule has 22 heavy (non-hydrogen) atoms. The lowest BCUT2D eigenvalue weighted by molar-refractivity contribution is 0.161. The maximum absolute atomic E-state index is 5.46. The van der Waals surface area contributed by atoms with Crippen molar-refractivity contribution in [2.24, 2.45) is 0 Å². The lowest BCUT2D eigenvalue weighted by Crippen LogP contribution is -2.27. The molecule has 0 radical (unpaired) electrons. The van der Waals surface area contributed by atoms with Crippen molar-refractivity contribution in [2.45, 2.75) is 63.6 Å². The largest absolute Gasteiger partial charge is 0.382 e. The van der Waals surface area contributed by atoms with Crippen LogP contribution in [0.5, 0.6) is 0 Å². The minimum atomic E-state index is 0.0465. The number of hydrogen-bond acceptors (Lipinski definition) is 4. The van der Waals surface area contributed by atoms with Gasteiger partial charge in [0.05, 0.1) is 10.2 Å². The second-order valence-corrected chi connectivity index (χ2v) is 9.27. The van der Waals surface area contributed by atoms with Gasteiger partial charge in [-0.15, -0.1) is 0 Å². The highest BCUT2D eigenvalue weighted by Crippen LogP contribution is 2.32. The van der Waals surface area contributed by atoms with Gasteiger partial charge in [-0.05, 0) is 48.2 Å². The second kappa shape index (κ2) is 9.63. The smallest absolute Gasteiger partial charge is 0.144 e. The Morgan fingerprint density at radius 2 is 2.05 bits per heavy atom. The van der Waals surface area contributed by atoms with E-state index in [2.05, 4.69) is 45.1 Å². The normalized spacial score (nSPS) is 22.3. The Bertz CT molecular complexity index is 453. The molecule has 1 fully saturated rings. The Hall–Kier alpha value is -0.463. The monoisotopic (exact) mass is 385 g/mol. The van der Waals surface area contributed by atoms with Crippen molar-refractivity contribution in [1.82, 2.24) is 9.97 Å². The average molecular weight is 386 g/mol. The van der Waals surface area contributed by atoms with Crippen LogP contribution in [0.4, 0.5) is 5.82 Å². The molecule has 2 rings (SSSR count). The molecule has 1 aromatic heterocycles. The third-order valence-electron chi connectivity index (χ3n) is 4.49. The molecule has 1 aromatic rings. The first kappa shape index (κ1) is 17.9. The molecule has 0 atom stereocenters. The molecular formula is C16H28BrN3OSi. The molecule has 124 valence electrons. The first-order valence-electron chi connectivity index (χ1n) is 8.58. The fourth-order valence-corrected chi connectivity index (χ4v) is 5.76. The number of ether oxygens (including phenoxy) is 1. The molecule has 1 heterocycles. The predicted molar refractivity (Wildman–Crippen MR) is 98.6 cm³/mol. The van der Waals surface area contributed by atoms with E-state index in [1.807, 2.05) is 0 Å². The Kier molecular flexibility index (Phi) is 7.82. The van der Waals surface area contributed by atoms with Crippen molar-refractivity contribution >= 4 is 31.3 Å². The van der Waals surface area contributed by atoms with Gasteiger partial charge < -0.3 is 10.1 Å². The topological polar surface area (TPSA) is 47.0 Å². The highest BCUT2D eigenvalue weighted by atomic mass is 79.9. The van der Waals surface area contributed by atoms with E-state index in [0.717, 1.165) is 41.2 Å². The molecule has 1 saturated carbocycles. The van der Waals surface area contributed by atoms with Gasteiger partial charge in [-0.2, -0.15) is 0 Å². The zero-order chi connectivity index (χ0) is 15.8. The minimum absolute atomic E-state index is 0.0465. The van der Waals surface area contributed by atoms with E-state index in [-0.39, 0.29) is 9.52 Å². The van der Waals surface area contributed by atoms with Crippen LogP contribution in [-0.2, 0) is 11.2 Å². The summed E-state index contributed by atoms with van der Waals surface area (Å²) in [5, 5.41) is 3.61. The summed E-state index contributed by atoms with van der Waals surface area (Å²) in [6.07, 6.45) is 7.88. The van der Waals surface area contributed by atoms with Gasteiger partial charge in [-0.3, -0.25) is 0 Å². The van der Waals surface area contributed by atoms with Gasteiger partial charge in [0, 0.05) is 28.8 Å². The third-order valence-corrected chi connectivity index (χ3v) is 7.65. The van der Waals surface area contributed by atoms with Crippen LogP contribution >= 0.6 is 15.9 Å². The van der Waals surface area contributed by atoms with E-state index in [1.54, 1.807) is 6.33 Å². The molecule has 0 amide bonds. The van der Waals surface area contributed by atoms with Crippen molar-refractivity contribution in [2.75, 3.05) is 18.5 Å². The summed E-state index contributed by atoms with van der Waals surface area (Å²) >= 11 is 3.63. The van der Waals surface area contributed by atoms with Gasteiger partial charge in [-0.25, -0.2) is 9.97 Å². The SMILES string of the molecule is CCOCC[SiH2][C@H]1CC[C@@H](Nc2ncnc(CC)c2Br)CC1. The van der Waals surface area contributed by atoms with Gasteiger partial charge in [0.25, 0.3) is 0 Å². The van der Waals surface area contributed by atoms with E-state index in [0.29, 0.717) is 6.04 Å². The number of nitrogens with one attached hydrogen (secondary N) is 1. The van der Waals surface area contributed by atoms with Crippen molar-refractivity contribution in [1.29, 1.82) is 0 Å². The third kappa shape index (κ3) is 5.32. The van der Waals surface area contributed by atoms with Crippen molar-refractivity contribution < 1.29 is 4.74 Å². The van der Waals surface area contributed by atoms with Crippen molar-refractivity contribution in [3.05, 3.63) is 16.5 Å². The van der Waals surface area contributed by atoms with Gasteiger partial charge in [0.2, 0.25) is 0 Å². The molecule has 0 bridgehead atoms. The maximum Gasteiger partial charge on any atom is 0.144 e. The molecule has 0 aromatic carbocycles. The van der Waals surface area contributed by atoms with Crippen LogP contribution in [-0.4, -0.2) is 38.7 Å². The molecule has 1 N–H and O–H groups in total. The fourth-order valence-electron chi connectivity index (χ4n) is 3.16. The van der Waals surface area contributed by atoms with Gasteiger partial charge in [0.1, 0.15) is 12.1 Å². The van der Waals surface area contributed by atoms with Crippen LogP contribution in [0.3, 0.4) is 0 Å². The zero-order valence-corrected chi connectivity index (χ0v) is 16.8. The summed E-state index contributed by atoms with van der Waals surface area (Å²) in [6.45, 7) is 6.04. The van der Waals surface area contributed by atoms with E-state index in [1.165, 1.54) is 31.7 Å². The summed E-state index contributed by atoms with van der Waals surface area (Å²) in [4.78, 5) is 8.70. The van der Waals surface area contributed by atoms with Crippen molar-refractivity contribution in [3.63, 3.8) is 0 Å². The number of aromatic nitrogens is 2. The quantitative estimate of drug-likeness (QED) is 0.548. The van der Waals surface area contributed by atoms with Gasteiger partial charge in [-0.1, -0.05) is 25.3 Å². The highest BCUT2D eigenvalue weighted by Gasteiger charge is 2.22. The first-order chi connectivity index (χ1) is 10.7. The average Bonchev–Trinajstić information content (AvgIpc) is 2.55. The summed E-state index contributed by atoms with van der Waals surface area (Å²) in [5.74, 6) is 0.962. The molecule has 1 aliphatic carbocycles. The summed E-state index contributed by atoms with van der Waals surface area (Å²) in [6, 6.07) is 1.90. The number of anilines is 1. The summed E-state index contributed by atoms with van der Waals surface area (Å²) < 4.78 is 6.50. The Morgan fingerprint density at radius 1 is 1.27 bits per heavy atom. The molecule has 0 unspecified atom stereocenters. The van der Waals surface area contributed by atoms with Crippen LogP contribution in [0.25, 0.3) is 0 Å². The summed E-state index contributed by atoms with van der Waals surface area (Å²) in [7, 11) is 0.0465. The first-order valence-corrected chi connectivity index (χ1v) is 11.2. The fraction of sp³-hybridized carbons (Fsp3) is 0.750. The van der Waals surface area contributed by atoms with Crippen LogP contribution in [0, 0.1) is 0 Å². The standard InChI is InChI=1S/C16H28BrN3OSi/c1-3-14-15(17)16(19-11-18-14)20-12-5-7-13(8-6-12)22-10-9-21-4-2/h11-13H,3-10,22H2,1-2H3,(H,18,19,20)/t12-,13+. The number of nitrogens with zero attached hydrogens (tertiary/aromatic N) is 2. The lowest BCUT2D eigenvalue weighted by atomic mass is 9.95. The van der Waals surface area contributed by atoms with Crippen molar-refractivity contribution in [3.8, 4) is 0 Å². The summed E-state index contributed by atoms with van der Waals surface area (Å²) in [5.41, 5.74) is 2.09. The maximum atomic E-state index is 5.46. The number of aryl methyl sites for hydroxylation is 1. The Balaban J connectivity index is 1.75. The molecule has 4 nitrogen and oxygen atoms in total. The Labute approximate surface area is 144 Å². The van der Waals surface area contributed by atoms with E-state index >= 15 is 0 Å². The highest BCUT2D eigenvalue weighted by molar-refractivity contribution is 9.10. The molecular weight excluding hydrogens is 358 g/mol. The molecule has 1 aliphatic rings. The van der Waals surface area contributed by atoms with Crippen LogP contribution < -0.4 is 5.32 Å². The van der Waals surface area contributed by atoms with Crippen LogP contribution in [0.15, 0.2) is 10.8 Å². The Morgan fingerprint density at radius 3 is 2.73 bits per heavy atom. The molecule has 6 heteroatoms. The van der Waals surface area contributed by atoms with E-state index in [9.17, 15) is 0 Å². The molecule has 0 spiro atoms. The lowest BCUT2D eigenvalue weighted by Gasteiger charge is -2.29. The number of hydrogen-bond donors (Lipinski definition) is 1. The molecule has 0 aliphatic heterocycles. The van der Waals surface area contributed by atoms with Gasteiger partial charge >= 0.3 is 0 Å². The molecule has 0 saturated heterocycles. The number of halogens is 1. The van der Waals surface area contributed by atoms with E-state index < -0.39 is 0 Å². The minimum Gasteiger partial charge on any atom is -0.382 e. The zero-order valence-electron chi connectivity index (χ0n) is 13.8. The van der Waals surface area contributed by atoms with E-state index in [4.69, 9.17) is 4.74 Å². The van der Waals surface area contributed by atoms with Crippen LogP contribution in [0.2, 0.25) is 11.6 Å². The number of rotatable bonds is 8. The van der Waals surface area contributed by atoms with Gasteiger partial charge in [0.15, 0.2) is 0 Å².